The predicted octanol–water partition coefficient (Wildman–Crippen LogP) is 2.52. The SMILES string of the molecule is COC(=O)c1cc(C(=O)N2CCOCC2)ccc1OCc1ccccc1. The van der Waals surface area contributed by atoms with E-state index in [1.807, 2.05) is 30.3 Å². The molecule has 1 fully saturated rings. The number of amides is 1. The molecule has 6 nitrogen and oxygen atoms in total. The lowest BCUT2D eigenvalue weighted by Crippen LogP contribution is -2.40. The van der Waals surface area contributed by atoms with Crippen LogP contribution in [0.25, 0.3) is 0 Å². The van der Waals surface area contributed by atoms with Crippen molar-refractivity contribution >= 4 is 11.9 Å². The highest BCUT2D eigenvalue weighted by molar-refractivity contribution is 5.99. The Morgan fingerprint density at radius 2 is 1.81 bits per heavy atom. The van der Waals surface area contributed by atoms with E-state index in [0.717, 1.165) is 5.56 Å². The van der Waals surface area contributed by atoms with Crippen LogP contribution in [0.2, 0.25) is 0 Å². The molecule has 0 saturated carbocycles. The molecule has 26 heavy (non-hydrogen) atoms. The number of benzene rings is 2. The van der Waals surface area contributed by atoms with Crippen molar-refractivity contribution in [2.24, 2.45) is 0 Å². The molecule has 2 aromatic rings. The summed E-state index contributed by atoms with van der Waals surface area (Å²) in [5.41, 5.74) is 1.65. The second-order valence-corrected chi connectivity index (χ2v) is 5.88. The molecule has 0 spiro atoms. The van der Waals surface area contributed by atoms with Crippen LogP contribution in [-0.4, -0.2) is 50.2 Å². The zero-order valence-electron chi connectivity index (χ0n) is 14.6. The largest absolute Gasteiger partial charge is 0.488 e. The van der Waals surface area contributed by atoms with Gasteiger partial charge in [0.2, 0.25) is 0 Å². The number of nitrogens with zero attached hydrogens (tertiary/aromatic N) is 1. The molecule has 0 radical (unpaired) electrons. The first-order valence-electron chi connectivity index (χ1n) is 8.45. The van der Waals surface area contributed by atoms with Crippen molar-refractivity contribution in [3.8, 4) is 5.75 Å². The van der Waals surface area contributed by atoms with Gasteiger partial charge in [0.25, 0.3) is 5.91 Å². The summed E-state index contributed by atoms with van der Waals surface area (Å²) < 4.78 is 15.9. The van der Waals surface area contributed by atoms with Crippen molar-refractivity contribution < 1.29 is 23.8 Å². The number of morpholine rings is 1. The zero-order valence-corrected chi connectivity index (χ0v) is 14.6. The van der Waals surface area contributed by atoms with Crippen LogP contribution < -0.4 is 4.74 Å². The molecule has 2 aromatic carbocycles. The second-order valence-electron chi connectivity index (χ2n) is 5.88. The minimum Gasteiger partial charge on any atom is -0.488 e. The number of hydrogen-bond acceptors (Lipinski definition) is 5. The first-order chi connectivity index (χ1) is 12.7. The van der Waals surface area contributed by atoms with Crippen LogP contribution in [-0.2, 0) is 16.1 Å². The van der Waals surface area contributed by atoms with Gasteiger partial charge in [0.15, 0.2) is 0 Å². The number of ether oxygens (including phenoxy) is 3. The van der Waals surface area contributed by atoms with Gasteiger partial charge in [-0.2, -0.15) is 0 Å². The fraction of sp³-hybridized carbons (Fsp3) is 0.300. The van der Waals surface area contributed by atoms with Gasteiger partial charge < -0.3 is 19.1 Å². The summed E-state index contributed by atoms with van der Waals surface area (Å²) in [5.74, 6) is -0.281. The van der Waals surface area contributed by atoms with Crippen molar-refractivity contribution in [2.45, 2.75) is 6.61 Å². The van der Waals surface area contributed by atoms with Gasteiger partial charge in [-0.05, 0) is 23.8 Å². The fourth-order valence-corrected chi connectivity index (χ4v) is 2.74. The molecule has 136 valence electrons. The molecule has 0 atom stereocenters. The average Bonchev–Trinajstić information content (AvgIpc) is 2.72. The van der Waals surface area contributed by atoms with Crippen LogP contribution in [0.5, 0.6) is 5.75 Å². The van der Waals surface area contributed by atoms with Crippen molar-refractivity contribution in [1.29, 1.82) is 0 Å². The van der Waals surface area contributed by atoms with E-state index >= 15 is 0 Å². The maximum atomic E-state index is 12.6. The topological polar surface area (TPSA) is 65.1 Å². The van der Waals surface area contributed by atoms with Gasteiger partial charge in [-0.3, -0.25) is 4.79 Å². The second kappa shape index (κ2) is 8.49. The average molecular weight is 355 g/mol. The molecular formula is C20H21NO5. The van der Waals surface area contributed by atoms with Crippen LogP contribution >= 0.6 is 0 Å². The predicted molar refractivity (Wildman–Crippen MR) is 95.3 cm³/mol. The summed E-state index contributed by atoms with van der Waals surface area (Å²) in [4.78, 5) is 26.5. The number of rotatable bonds is 5. The Morgan fingerprint density at radius 3 is 2.50 bits per heavy atom. The van der Waals surface area contributed by atoms with Crippen LogP contribution in [0.4, 0.5) is 0 Å². The molecular weight excluding hydrogens is 334 g/mol. The molecule has 0 aromatic heterocycles. The number of methoxy groups -OCH3 is 1. The van der Waals surface area contributed by atoms with E-state index < -0.39 is 5.97 Å². The fourth-order valence-electron chi connectivity index (χ4n) is 2.74. The summed E-state index contributed by atoms with van der Waals surface area (Å²) in [6.45, 7) is 2.45. The molecule has 1 heterocycles. The Morgan fingerprint density at radius 1 is 1.08 bits per heavy atom. The first kappa shape index (κ1) is 17.9. The summed E-state index contributed by atoms with van der Waals surface area (Å²) >= 11 is 0. The molecule has 1 aliphatic rings. The van der Waals surface area contributed by atoms with Crippen LogP contribution in [0.15, 0.2) is 48.5 Å². The summed E-state index contributed by atoms with van der Waals surface area (Å²) in [5, 5.41) is 0. The highest BCUT2D eigenvalue weighted by Crippen LogP contribution is 2.23. The lowest BCUT2D eigenvalue weighted by Gasteiger charge is -2.27. The third-order valence-electron chi connectivity index (χ3n) is 4.17. The number of esters is 1. The van der Waals surface area contributed by atoms with E-state index in [2.05, 4.69) is 0 Å². The van der Waals surface area contributed by atoms with Crippen LogP contribution in [0, 0.1) is 0 Å². The Balaban J connectivity index is 1.81. The van der Waals surface area contributed by atoms with Crippen LogP contribution in [0.1, 0.15) is 26.3 Å². The van der Waals surface area contributed by atoms with Crippen molar-refractivity contribution in [1.82, 2.24) is 4.90 Å². The summed E-state index contributed by atoms with van der Waals surface area (Å²) in [6, 6.07) is 14.5. The molecule has 0 unspecified atom stereocenters. The Bertz CT molecular complexity index is 769. The summed E-state index contributed by atoms with van der Waals surface area (Å²) in [7, 11) is 1.31. The van der Waals surface area contributed by atoms with E-state index in [9.17, 15) is 9.59 Å². The molecule has 0 bridgehead atoms. The van der Waals surface area contributed by atoms with Gasteiger partial charge in [-0.1, -0.05) is 30.3 Å². The van der Waals surface area contributed by atoms with Gasteiger partial charge in [0.05, 0.1) is 20.3 Å². The lowest BCUT2D eigenvalue weighted by molar-refractivity contribution is 0.0303. The maximum absolute atomic E-state index is 12.6. The lowest BCUT2D eigenvalue weighted by atomic mass is 10.1. The molecule has 1 amide bonds. The van der Waals surface area contributed by atoms with Gasteiger partial charge in [-0.15, -0.1) is 0 Å². The van der Waals surface area contributed by atoms with Gasteiger partial charge in [0, 0.05) is 18.7 Å². The Kier molecular flexibility index (Phi) is 5.86. The standard InChI is InChI=1S/C20H21NO5/c1-24-20(23)17-13-16(19(22)21-9-11-25-12-10-21)7-8-18(17)26-14-15-5-3-2-4-6-15/h2-8,13H,9-12,14H2,1H3. The maximum Gasteiger partial charge on any atom is 0.341 e. The van der Waals surface area contributed by atoms with Crippen LogP contribution in [0.3, 0.4) is 0 Å². The monoisotopic (exact) mass is 355 g/mol. The Labute approximate surface area is 152 Å². The number of hydrogen-bond donors (Lipinski definition) is 0. The smallest absolute Gasteiger partial charge is 0.341 e. The Hall–Kier alpha value is -2.86. The molecule has 6 heteroatoms. The van der Waals surface area contributed by atoms with Crippen molar-refractivity contribution in [2.75, 3.05) is 33.4 Å². The third-order valence-corrected chi connectivity index (χ3v) is 4.17. The van der Waals surface area contributed by atoms with Gasteiger partial charge >= 0.3 is 5.97 Å². The highest BCUT2D eigenvalue weighted by Gasteiger charge is 2.22. The zero-order chi connectivity index (χ0) is 18.4. The first-order valence-corrected chi connectivity index (χ1v) is 8.45. The van der Waals surface area contributed by atoms with E-state index in [4.69, 9.17) is 14.2 Å². The third kappa shape index (κ3) is 4.21. The minimum atomic E-state index is -0.537. The molecule has 3 rings (SSSR count). The molecule has 0 aliphatic carbocycles. The van der Waals surface area contributed by atoms with Crippen molar-refractivity contribution in [3.63, 3.8) is 0 Å². The molecule has 0 N–H and O–H groups in total. The molecule has 1 aliphatic heterocycles. The van der Waals surface area contributed by atoms with Gasteiger partial charge in [-0.25, -0.2) is 4.79 Å². The van der Waals surface area contributed by atoms with E-state index in [-0.39, 0.29) is 11.5 Å². The normalized spacial score (nSPS) is 14.0. The minimum absolute atomic E-state index is 0.131. The van der Waals surface area contributed by atoms with E-state index in [0.29, 0.717) is 44.2 Å². The number of carbonyl (C=O) groups excluding carboxylic acids is 2. The highest BCUT2D eigenvalue weighted by atomic mass is 16.5. The van der Waals surface area contributed by atoms with E-state index in [1.165, 1.54) is 13.2 Å². The molecule has 1 saturated heterocycles. The quantitative estimate of drug-likeness (QED) is 0.771. The van der Waals surface area contributed by atoms with Crippen molar-refractivity contribution in [3.05, 3.63) is 65.2 Å². The van der Waals surface area contributed by atoms with E-state index in [1.54, 1.807) is 17.0 Å². The number of carbonyl (C=O) groups is 2. The summed E-state index contributed by atoms with van der Waals surface area (Å²) in [6.07, 6.45) is 0. The van der Waals surface area contributed by atoms with Gasteiger partial charge in [0.1, 0.15) is 17.9 Å².